The lowest BCUT2D eigenvalue weighted by molar-refractivity contribution is 0.174. The van der Waals surface area contributed by atoms with E-state index in [-0.39, 0.29) is 6.79 Å². The molecule has 0 unspecified atom stereocenters. The molecule has 0 radical (unpaired) electrons. The average molecular weight is 294 g/mol. The van der Waals surface area contributed by atoms with Crippen LogP contribution in [0, 0.1) is 17.8 Å². The molecule has 20 heavy (non-hydrogen) atoms. The summed E-state index contributed by atoms with van der Waals surface area (Å²) in [6.07, 6.45) is 5.77. The molecule has 108 valence electrons. The van der Waals surface area contributed by atoms with Crippen LogP contribution in [0.15, 0.2) is 12.1 Å². The highest BCUT2D eigenvalue weighted by Gasteiger charge is 2.40. The van der Waals surface area contributed by atoms with E-state index in [4.69, 9.17) is 21.1 Å². The van der Waals surface area contributed by atoms with Crippen molar-refractivity contribution in [2.75, 3.05) is 13.3 Å². The molecule has 3 nitrogen and oxygen atoms in total. The fourth-order valence-electron chi connectivity index (χ4n) is 3.27. The van der Waals surface area contributed by atoms with Gasteiger partial charge in [-0.15, -0.1) is 0 Å². The smallest absolute Gasteiger partial charge is 0.231 e. The Morgan fingerprint density at radius 1 is 1.15 bits per heavy atom. The Morgan fingerprint density at radius 2 is 1.90 bits per heavy atom. The molecule has 1 N–H and O–H groups in total. The summed E-state index contributed by atoms with van der Waals surface area (Å²) in [6.45, 7) is 2.27. The molecule has 0 saturated heterocycles. The van der Waals surface area contributed by atoms with Gasteiger partial charge in [0.1, 0.15) is 0 Å². The van der Waals surface area contributed by atoms with E-state index in [1.165, 1.54) is 31.2 Å². The summed E-state index contributed by atoms with van der Waals surface area (Å²) in [5.74, 6) is 4.35. The highest BCUT2D eigenvalue weighted by atomic mass is 35.5. The Balaban J connectivity index is 1.36. The highest BCUT2D eigenvalue weighted by Crippen LogP contribution is 2.48. The minimum atomic E-state index is 0.275. The third kappa shape index (κ3) is 2.61. The number of halogens is 1. The molecule has 2 saturated carbocycles. The number of rotatable bonds is 6. The third-order valence-corrected chi connectivity index (χ3v) is 4.93. The molecule has 1 aromatic carbocycles. The second kappa shape index (κ2) is 5.12. The van der Waals surface area contributed by atoms with Crippen LogP contribution in [-0.4, -0.2) is 13.3 Å². The first-order valence-corrected chi connectivity index (χ1v) is 7.98. The molecule has 0 amide bonds. The number of benzene rings is 1. The summed E-state index contributed by atoms with van der Waals surface area (Å²) >= 11 is 6.20. The highest BCUT2D eigenvalue weighted by molar-refractivity contribution is 6.32. The number of hydrogen-bond acceptors (Lipinski definition) is 3. The Kier molecular flexibility index (Phi) is 3.27. The summed E-state index contributed by atoms with van der Waals surface area (Å²) in [7, 11) is 0. The first-order valence-electron chi connectivity index (χ1n) is 7.60. The SMILES string of the molecule is Clc1cc(CNCC(C2CC2)C2CC2)cc2c1OCO2. The van der Waals surface area contributed by atoms with Gasteiger partial charge < -0.3 is 14.8 Å². The quantitative estimate of drug-likeness (QED) is 0.869. The van der Waals surface area contributed by atoms with E-state index in [0.717, 1.165) is 36.6 Å². The lowest BCUT2D eigenvalue weighted by Gasteiger charge is -2.16. The normalized spacial score (nSPS) is 20.7. The lowest BCUT2D eigenvalue weighted by Crippen LogP contribution is -2.25. The fraction of sp³-hybridized carbons (Fsp3) is 0.625. The van der Waals surface area contributed by atoms with E-state index in [1.807, 2.05) is 12.1 Å². The molecule has 0 spiro atoms. The molecule has 0 atom stereocenters. The van der Waals surface area contributed by atoms with Crippen LogP contribution in [0.2, 0.25) is 5.02 Å². The first-order chi connectivity index (χ1) is 9.81. The van der Waals surface area contributed by atoms with Crippen molar-refractivity contribution >= 4 is 11.6 Å². The first kappa shape index (κ1) is 12.8. The Hall–Kier alpha value is -0.930. The van der Waals surface area contributed by atoms with E-state index in [0.29, 0.717) is 10.8 Å². The van der Waals surface area contributed by atoms with Crippen LogP contribution in [0.25, 0.3) is 0 Å². The maximum absolute atomic E-state index is 6.20. The summed E-state index contributed by atoms with van der Waals surface area (Å²) in [4.78, 5) is 0. The molecule has 2 fully saturated rings. The summed E-state index contributed by atoms with van der Waals surface area (Å²) < 4.78 is 10.7. The molecule has 0 bridgehead atoms. The van der Waals surface area contributed by atoms with Crippen LogP contribution in [0.1, 0.15) is 31.2 Å². The van der Waals surface area contributed by atoms with Crippen molar-refractivity contribution in [1.82, 2.24) is 5.32 Å². The van der Waals surface area contributed by atoms with Crippen molar-refractivity contribution in [1.29, 1.82) is 0 Å². The zero-order valence-corrected chi connectivity index (χ0v) is 12.3. The summed E-state index contributed by atoms with van der Waals surface area (Å²) in [5, 5.41) is 4.26. The lowest BCUT2D eigenvalue weighted by atomic mass is 9.98. The molecule has 2 aliphatic carbocycles. The summed E-state index contributed by atoms with van der Waals surface area (Å²) in [5.41, 5.74) is 1.17. The van der Waals surface area contributed by atoms with Gasteiger partial charge >= 0.3 is 0 Å². The molecule has 3 aliphatic rings. The number of ether oxygens (including phenoxy) is 2. The van der Waals surface area contributed by atoms with Gasteiger partial charge in [0.05, 0.1) is 5.02 Å². The summed E-state index contributed by atoms with van der Waals surface area (Å²) in [6, 6.07) is 4.01. The molecule has 4 rings (SSSR count). The standard InChI is InChI=1S/C16H20ClNO2/c17-14-5-10(6-15-16(14)20-9-19-15)7-18-8-13(11-1-2-11)12-3-4-12/h5-6,11-13,18H,1-4,7-9H2. The molecule has 4 heteroatoms. The van der Waals surface area contributed by atoms with Gasteiger partial charge in [0.2, 0.25) is 6.79 Å². The molecule has 1 heterocycles. The van der Waals surface area contributed by atoms with Crippen molar-refractivity contribution < 1.29 is 9.47 Å². The predicted octanol–water partition coefficient (Wildman–Crippen LogP) is 3.59. The maximum Gasteiger partial charge on any atom is 0.231 e. The van der Waals surface area contributed by atoms with Crippen LogP contribution < -0.4 is 14.8 Å². The van der Waals surface area contributed by atoms with E-state index in [2.05, 4.69) is 5.32 Å². The minimum Gasteiger partial charge on any atom is -0.454 e. The Bertz CT molecular complexity index is 499. The van der Waals surface area contributed by atoms with Crippen LogP contribution in [0.5, 0.6) is 11.5 Å². The van der Waals surface area contributed by atoms with Gasteiger partial charge in [0.25, 0.3) is 0 Å². The van der Waals surface area contributed by atoms with Gasteiger partial charge in [0.15, 0.2) is 11.5 Å². The zero-order chi connectivity index (χ0) is 13.5. The molecule has 0 aromatic heterocycles. The van der Waals surface area contributed by atoms with E-state index in [9.17, 15) is 0 Å². The van der Waals surface area contributed by atoms with Crippen molar-refractivity contribution in [2.45, 2.75) is 32.2 Å². The third-order valence-electron chi connectivity index (χ3n) is 4.65. The second-order valence-corrected chi connectivity index (χ2v) is 6.69. The van der Waals surface area contributed by atoms with Crippen molar-refractivity contribution in [3.8, 4) is 11.5 Å². The van der Waals surface area contributed by atoms with Crippen LogP contribution >= 0.6 is 11.6 Å². The minimum absolute atomic E-state index is 0.275. The number of nitrogens with one attached hydrogen (secondary N) is 1. The van der Waals surface area contributed by atoms with E-state index >= 15 is 0 Å². The van der Waals surface area contributed by atoms with Gasteiger partial charge in [-0.3, -0.25) is 0 Å². The number of fused-ring (bicyclic) bond motifs is 1. The Labute approximate surface area is 124 Å². The topological polar surface area (TPSA) is 30.5 Å². The molecular weight excluding hydrogens is 274 g/mol. The molecule has 1 aliphatic heterocycles. The van der Waals surface area contributed by atoms with Gasteiger partial charge in [-0.1, -0.05) is 11.6 Å². The van der Waals surface area contributed by atoms with E-state index in [1.54, 1.807) is 0 Å². The van der Waals surface area contributed by atoms with Crippen molar-refractivity contribution in [3.05, 3.63) is 22.7 Å². The molecular formula is C16H20ClNO2. The van der Waals surface area contributed by atoms with Gasteiger partial charge in [0, 0.05) is 6.54 Å². The number of hydrogen-bond donors (Lipinski definition) is 1. The van der Waals surface area contributed by atoms with Crippen LogP contribution in [0.3, 0.4) is 0 Å². The maximum atomic E-state index is 6.20. The second-order valence-electron chi connectivity index (χ2n) is 6.28. The largest absolute Gasteiger partial charge is 0.454 e. The van der Waals surface area contributed by atoms with Crippen molar-refractivity contribution in [3.63, 3.8) is 0 Å². The zero-order valence-electron chi connectivity index (χ0n) is 11.5. The van der Waals surface area contributed by atoms with Crippen LogP contribution in [-0.2, 0) is 6.54 Å². The van der Waals surface area contributed by atoms with E-state index < -0.39 is 0 Å². The fourth-order valence-corrected chi connectivity index (χ4v) is 3.56. The predicted molar refractivity (Wildman–Crippen MR) is 78.2 cm³/mol. The van der Waals surface area contributed by atoms with Gasteiger partial charge in [-0.25, -0.2) is 0 Å². The van der Waals surface area contributed by atoms with Gasteiger partial charge in [-0.2, -0.15) is 0 Å². The van der Waals surface area contributed by atoms with Crippen molar-refractivity contribution in [2.24, 2.45) is 17.8 Å². The molecule has 1 aromatic rings. The van der Waals surface area contributed by atoms with Gasteiger partial charge in [-0.05, 0) is 67.7 Å². The Morgan fingerprint density at radius 3 is 2.60 bits per heavy atom. The monoisotopic (exact) mass is 293 g/mol. The average Bonchev–Trinajstić information content (AvgIpc) is 3.34. The van der Waals surface area contributed by atoms with Crippen LogP contribution in [0.4, 0.5) is 0 Å².